The molecule has 0 aliphatic heterocycles. The van der Waals surface area contributed by atoms with Gasteiger partial charge in [0, 0.05) is 0 Å². The summed E-state index contributed by atoms with van der Waals surface area (Å²) in [5.41, 5.74) is 0. The van der Waals surface area contributed by atoms with E-state index in [0.29, 0.717) is 0 Å². The van der Waals surface area contributed by atoms with Crippen LogP contribution in [-0.4, -0.2) is 71.0 Å². The summed E-state index contributed by atoms with van der Waals surface area (Å²) in [6.45, 7) is 13.2. The van der Waals surface area contributed by atoms with E-state index in [1.54, 1.807) is 8.35 Å². The fourth-order valence-electron chi connectivity index (χ4n) is 2.42. The van der Waals surface area contributed by atoms with Gasteiger partial charge in [0.05, 0.1) is 0 Å². The van der Waals surface area contributed by atoms with Crippen LogP contribution >= 0.6 is 0 Å². The second-order valence-electron chi connectivity index (χ2n) is 5.72. The summed E-state index contributed by atoms with van der Waals surface area (Å²) in [6.07, 6.45) is 4.22. The van der Waals surface area contributed by atoms with Crippen molar-refractivity contribution in [1.29, 1.82) is 0 Å². The summed E-state index contributed by atoms with van der Waals surface area (Å²) >= 11 is -1.09. The summed E-state index contributed by atoms with van der Waals surface area (Å²) in [5.74, 6) is 0. The molecule has 0 amide bonds. The van der Waals surface area contributed by atoms with Crippen LogP contribution in [-0.2, 0) is 0 Å². The monoisotopic (exact) mass is 358 g/mol. The molecule has 0 spiro atoms. The minimum atomic E-state index is -1.09. The number of hydrogen-bond acceptors (Lipinski definition) is 2. The van der Waals surface area contributed by atoms with E-state index in [2.05, 4.69) is 42.3 Å². The second-order valence-corrected chi connectivity index (χ2v) is 15.3. The fraction of sp³-hybridized carbons (Fsp3) is 1.00. The molecule has 2 nitrogen and oxygen atoms in total. The SMILES string of the molecule is CCCN(CC)CC[CH2][In]([CH3])[CH2]CCN(C)CC. The van der Waals surface area contributed by atoms with Gasteiger partial charge in [0.2, 0.25) is 0 Å². The zero-order valence-corrected chi connectivity index (χ0v) is 16.8. The summed E-state index contributed by atoms with van der Waals surface area (Å²) in [7, 11) is 2.24. The molecule has 0 saturated carbocycles. The van der Waals surface area contributed by atoms with Crippen LogP contribution in [0.1, 0.15) is 40.0 Å². The van der Waals surface area contributed by atoms with Gasteiger partial charge in [0.15, 0.2) is 0 Å². The molecule has 3 heteroatoms. The van der Waals surface area contributed by atoms with Gasteiger partial charge in [-0.1, -0.05) is 0 Å². The van der Waals surface area contributed by atoms with Crippen LogP contribution in [0.15, 0.2) is 0 Å². The average molecular weight is 358 g/mol. The molecule has 0 fully saturated rings. The van der Waals surface area contributed by atoms with Crippen molar-refractivity contribution in [3.8, 4) is 0 Å². The molecule has 0 rings (SSSR count). The topological polar surface area (TPSA) is 6.48 Å². The van der Waals surface area contributed by atoms with Gasteiger partial charge in [-0.05, 0) is 0 Å². The summed E-state index contributed by atoms with van der Waals surface area (Å²) in [5, 5.41) is 0. The molecule has 0 radical (unpaired) electrons. The molecule has 0 aliphatic rings. The van der Waals surface area contributed by atoms with E-state index in [4.69, 9.17) is 0 Å². The van der Waals surface area contributed by atoms with Crippen LogP contribution in [0.25, 0.3) is 0 Å². The van der Waals surface area contributed by atoms with E-state index in [1.807, 2.05) is 0 Å². The van der Waals surface area contributed by atoms with Crippen LogP contribution in [0.4, 0.5) is 0 Å². The molecule has 0 atom stereocenters. The molecule has 0 aromatic carbocycles. The predicted octanol–water partition coefficient (Wildman–Crippen LogP) is 3.57. The number of rotatable bonds is 12. The third-order valence-corrected chi connectivity index (χ3v) is 11.9. The van der Waals surface area contributed by atoms with Crippen LogP contribution in [0.5, 0.6) is 0 Å². The van der Waals surface area contributed by atoms with Gasteiger partial charge in [-0.15, -0.1) is 0 Å². The zero-order valence-electron chi connectivity index (χ0n) is 13.5. The Kier molecular flexibility index (Phi) is 13.4. The minimum absolute atomic E-state index is 1.09. The van der Waals surface area contributed by atoms with Gasteiger partial charge in [0.25, 0.3) is 0 Å². The normalized spacial score (nSPS) is 11.5. The van der Waals surface area contributed by atoms with Gasteiger partial charge in [-0.25, -0.2) is 0 Å². The Hall–Kier alpha value is 0.790. The summed E-state index contributed by atoms with van der Waals surface area (Å²) in [4.78, 5) is 5.06. The van der Waals surface area contributed by atoms with E-state index >= 15 is 0 Å². The Balaban J connectivity index is 3.48. The first kappa shape index (κ1) is 18.8. The van der Waals surface area contributed by atoms with Crippen LogP contribution in [0, 0.1) is 0 Å². The van der Waals surface area contributed by atoms with E-state index < -0.39 is 21.4 Å². The second kappa shape index (κ2) is 12.8. The van der Waals surface area contributed by atoms with Crippen LogP contribution < -0.4 is 0 Å². The van der Waals surface area contributed by atoms with Gasteiger partial charge in [0.1, 0.15) is 0 Å². The number of nitrogens with zero attached hydrogens (tertiary/aromatic N) is 2. The summed E-state index contributed by atoms with van der Waals surface area (Å²) in [6, 6.07) is 0. The van der Waals surface area contributed by atoms with Gasteiger partial charge < -0.3 is 0 Å². The molecule has 0 heterocycles. The quantitative estimate of drug-likeness (QED) is 0.526. The number of hydrogen-bond donors (Lipinski definition) is 0. The molecule has 108 valence electrons. The van der Waals surface area contributed by atoms with Crippen molar-refractivity contribution in [1.82, 2.24) is 9.80 Å². The first-order valence-corrected chi connectivity index (χ1v) is 16.0. The van der Waals surface area contributed by atoms with E-state index in [0.717, 1.165) is 0 Å². The van der Waals surface area contributed by atoms with Crippen molar-refractivity contribution in [2.24, 2.45) is 0 Å². The molecule has 0 N–H and O–H groups in total. The Labute approximate surface area is 124 Å². The molecule has 0 aromatic heterocycles. The summed E-state index contributed by atoms with van der Waals surface area (Å²) < 4.78 is 5.84. The molecule has 0 aromatic rings. The molecule has 0 unspecified atom stereocenters. The van der Waals surface area contributed by atoms with Crippen molar-refractivity contribution in [2.75, 3.05) is 39.8 Å². The first-order valence-electron chi connectivity index (χ1n) is 8.04. The zero-order chi connectivity index (χ0) is 13.8. The van der Waals surface area contributed by atoms with Gasteiger partial charge in [-0.3, -0.25) is 0 Å². The van der Waals surface area contributed by atoms with Crippen molar-refractivity contribution in [3.05, 3.63) is 0 Å². The van der Waals surface area contributed by atoms with Crippen molar-refractivity contribution >= 4 is 21.4 Å². The maximum atomic E-state index is 2.63. The van der Waals surface area contributed by atoms with E-state index in [1.165, 1.54) is 52.0 Å². The van der Waals surface area contributed by atoms with Gasteiger partial charge in [-0.2, -0.15) is 0 Å². The Morgan fingerprint density at radius 3 is 1.94 bits per heavy atom. The van der Waals surface area contributed by atoms with Crippen molar-refractivity contribution in [2.45, 2.75) is 53.1 Å². The van der Waals surface area contributed by atoms with E-state index in [-0.39, 0.29) is 0 Å². The molecular formula is C15H35InN2. The Morgan fingerprint density at radius 2 is 1.44 bits per heavy atom. The standard InChI is InChI=1S/C8H18N.C6H14N.CH3.In/c1-4-7-9(6-3)8-5-2;1-4-6-7(3)5-2;;/h1,4-8H2,2-3H3;1,4-6H2,2-3H3;1H3;. The Morgan fingerprint density at radius 1 is 0.833 bits per heavy atom. The molecule has 0 aliphatic carbocycles. The van der Waals surface area contributed by atoms with E-state index in [9.17, 15) is 0 Å². The molecule has 0 saturated heterocycles. The molecular weight excluding hydrogens is 323 g/mol. The predicted molar refractivity (Wildman–Crippen MR) is 86.0 cm³/mol. The van der Waals surface area contributed by atoms with Crippen molar-refractivity contribution in [3.63, 3.8) is 0 Å². The van der Waals surface area contributed by atoms with Gasteiger partial charge >= 0.3 is 124 Å². The van der Waals surface area contributed by atoms with Crippen molar-refractivity contribution < 1.29 is 0 Å². The molecule has 18 heavy (non-hydrogen) atoms. The maximum absolute atomic E-state index is 2.63. The third kappa shape index (κ3) is 10.7. The first-order chi connectivity index (χ1) is 8.63. The third-order valence-electron chi connectivity index (χ3n) is 3.93. The molecule has 0 bridgehead atoms. The van der Waals surface area contributed by atoms with Crippen LogP contribution in [0.2, 0.25) is 13.0 Å². The van der Waals surface area contributed by atoms with Crippen LogP contribution in [0.3, 0.4) is 0 Å². The fourth-order valence-corrected chi connectivity index (χ4v) is 8.26. The average Bonchev–Trinajstić information content (AvgIpc) is 2.37. The Bertz CT molecular complexity index is 176.